The number of aromatic nitrogens is 3. The van der Waals surface area contributed by atoms with Crippen LogP contribution >= 0.6 is 11.6 Å². The van der Waals surface area contributed by atoms with Gasteiger partial charge in [0.25, 0.3) is 0 Å². The number of fused-ring (bicyclic) bond motifs is 2. The number of hydrogen-bond donors (Lipinski definition) is 2. The van der Waals surface area contributed by atoms with Crippen molar-refractivity contribution in [3.63, 3.8) is 0 Å². The maximum absolute atomic E-state index is 10.8. The third-order valence-corrected chi connectivity index (χ3v) is 5.87. The predicted octanol–water partition coefficient (Wildman–Crippen LogP) is 2.33. The minimum Gasteiger partial charge on any atom is -0.387 e. The Bertz CT molecular complexity index is 1040. The standard InChI is InChI=1S/C20H20ClN3O4/c1-10-13-4-6-24(19(13)23-9-22-10)20-16(26)15(25)18(28-20)17-14-8-12(21)3-2-11(14)5-7-27-17/h2-4,6,8-9,15-18,20,25-26H,5,7H2,1H3/t15-,16+,17+,18-,20+/m0/s1. The van der Waals surface area contributed by atoms with E-state index in [1.165, 1.54) is 6.33 Å². The molecule has 0 unspecified atom stereocenters. The summed E-state index contributed by atoms with van der Waals surface area (Å²) >= 11 is 6.18. The second kappa shape index (κ2) is 6.79. The van der Waals surface area contributed by atoms with Crippen molar-refractivity contribution in [2.45, 2.75) is 44.0 Å². The normalized spacial score (nSPS) is 29.9. The molecule has 1 aromatic carbocycles. The van der Waals surface area contributed by atoms with Crippen molar-refractivity contribution < 1.29 is 19.7 Å². The van der Waals surface area contributed by atoms with Gasteiger partial charge in [0.2, 0.25) is 0 Å². The Balaban J connectivity index is 1.51. The third kappa shape index (κ3) is 2.74. The van der Waals surface area contributed by atoms with Gasteiger partial charge in [0.1, 0.15) is 36.4 Å². The molecule has 2 aliphatic rings. The van der Waals surface area contributed by atoms with E-state index in [1.54, 1.807) is 10.8 Å². The first-order valence-corrected chi connectivity index (χ1v) is 9.62. The van der Waals surface area contributed by atoms with Crippen LogP contribution < -0.4 is 0 Å². The largest absolute Gasteiger partial charge is 0.387 e. The molecule has 8 heteroatoms. The molecule has 146 valence electrons. The van der Waals surface area contributed by atoms with Gasteiger partial charge in [-0.25, -0.2) is 9.97 Å². The lowest BCUT2D eigenvalue weighted by molar-refractivity contribution is -0.113. The summed E-state index contributed by atoms with van der Waals surface area (Å²) in [4.78, 5) is 8.51. The zero-order chi connectivity index (χ0) is 19.4. The van der Waals surface area contributed by atoms with Crippen molar-refractivity contribution >= 4 is 22.6 Å². The molecular formula is C20H20ClN3O4. The first-order valence-electron chi connectivity index (χ1n) is 9.24. The van der Waals surface area contributed by atoms with E-state index in [1.807, 2.05) is 31.2 Å². The number of nitrogens with zero attached hydrogens (tertiary/aromatic N) is 3. The van der Waals surface area contributed by atoms with Crippen LogP contribution in [0.5, 0.6) is 0 Å². The maximum atomic E-state index is 10.8. The van der Waals surface area contributed by atoms with E-state index in [9.17, 15) is 10.2 Å². The van der Waals surface area contributed by atoms with Gasteiger partial charge >= 0.3 is 0 Å². The Morgan fingerprint density at radius 2 is 2.04 bits per heavy atom. The topological polar surface area (TPSA) is 89.6 Å². The van der Waals surface area contributed by atoms with E-state index in [4.69, 9.17) is 21.1 Å². The molecule has 5 rings (SSSR count). The highest BCUT2D eigenvalue weighted by atomic mass is 35.5. The molecule has 0 amide bonds. The zero-order valence-corrected chi connectivity index (χ0v) is 16.0. The number of halogens is 1. The molecule has 28 heavy (non-hydrogen) atoms. The van der Waals surface area contributed by atoms with Gasteiger partial charge in [-0.3, -0.25) is 0 Å². The van der Waals surface area contributed by atoms with E-state index in [0.717, 1.165) is 28.6 Å². The quantitative estimate of drug-likeness (QED) is 0.685. The fraction of sp³-hybridized carbons (Fsp3) is 0.400. The molecule has 0 saturated carbocycles. The van der Waals surface area contributed by atoms with Crippen molar-refractivity contribution in [3.05, 3.63) is 58.6 Å². The van der Waals surface area contributed by atoms with E-state index in [0.29, 0.717) is 17.3 Å². The van der Waals surface area contributed by atoms with E-state index in [2.05, 4.69) is 9.97 Å². The average Bonchev–Trinajstić information content (AvgIpc) is 3.24. The molecule has 0 bridgehead atoms. The number of rotatable bonds is 2. The van der Waals surface area contributed by atoms with Gasteiger partial charge in [-0.15, -0.1) is 0 Å². The van der Waals surface area contributed by atoms with Gasteiger partial charge in [-0.2, -0.15) is 0 Å². The fourth-order valence-electron chi connectivity index (χ4n) is 4.18. The van der Waals surface area contributed by atoms with Crippen LogP contribution in [0.2, 0.25) is 5.02 Å². The summed E-state index contributed by atoms with van der Waals surface area (Å²) in [5.74, 6) is 0. The molecule has 4 heterocycles. The predicted molar refractivity (Wildman–Crippen MR) is 102 cm³/mol. The van der Waals surface area contributed by atoms with Crippen molar-refractivity contribution in [1.82, 2.24) is 14.5 Å². The van der Waals surface area contributed by atoms with Gasteiger partial charge < -0.3 is 24.3 Å². The smallest absolute Gasteiger partial charge is 0.164 e. The molecule has 1 fully saturated rings. The van der Waals surface area contributed by atoms with Gasteiger partial charge in [0.15, 0.2) is 6.23 Å². The second-order valence-corrected chi connectivity index (χ2v) is 7.71. The summed E-state index contributed by atoms with van der Waals surface area (Å²) in [5, 5.41) is 23.0. The molecule has 5 atom stereocenters. The molecule has 1 saturated heterocycles. The van der Waals surface area contributed by atoms with Crippen molar-refractivity contribution in [3.8, 4) is 0 Å². The summed E-state index contributed by atoms with van der Waals surface area (Å²) in [7, 11) is 0. The van der Waals surface area contributed by atoms with E-state index in [-0.39, 0.29) is 0 Å². The Morgan fingerprint density at radius 3 is 2.89 bits per heavy atom. The van der Waals surface area contributed by atoms with Gasteiger partial charge in [0.05, 0.1) is 12.3 Å². The number of hydrogen-bond acceptors (Lipinski definition) is 6. The van der Waals surface area contributed by atoms with Crippen LogP contribution in [0.3, 0.4) is 0 Å². The summed E-state index contributed by atoms with van der Waals surface area (Å²) in [5.41, 5.74) is 3.50. The molecule has 3 aromatic rings. The second-order valence-electron chi connectivity index (χ2n) is 7.28. The van der Waals surface area contributed by atoms with E-state index >= 15 is 0 Å². The lowest BCUT2D eigenvalue weighted by Gasteiger charge is -2.31. The third-order valence-electron chi connectivity index (χ3n) is 5.64. The van der Waals surface area contributed by atoms with Crippen molar-refractivity contribution in [1.29, 1.82) is 0 Å². The lowest BCUT2D eigenvalue weighted by Crippen LogP contribution is -2.37. The highest BCUT2D eigenvalue weighted by Crippen LogP contribution is 2.41. The fourth-order valence-corrected chi connectivity index (χ4v) is 4.36. The first kappa shape index (κ1) is 18.0. The minimum absolute atomic E-state index is 0.504. The molecule has 0 radical (unpaired) electrons. The minimum atomic E-state index is -1.12. The molecule has 2 aromatic heterocycles. The molecule has 0 spiro atoms. The summed E-state index contributed by atoms with van der Waals surface area (Å²) in [6.45, 7) is 2.42. The SMILES string of the molecule is Cc1ncnc2c1ccn2[C@@H]1O[C@H]([C@@H]2OCCc3ccc(Cl)cc32)[C@@H](O)[C@H]1O. The van der Waals surface area contributed by atoms with Crippen LogP contribution in [-0.2, 0) is 15.9 Å². The summed E-state index contributed by atoms with van der Waals surface area (Å²) in [6.07, 6.45) is -0.193. The monoisotopic (exact) mass is 401 g/mol. The van der Waals surface area contributed by atoms with E-state index < -0.39 is 30.6 Å². The van der Waals surface area contributed by atoms with Gasteiger partial charge in [-0.1, -0.05) is 17.7 Å². The maximum Gasteiger partial charge on any atom is 0.164 e. The highest BCUT2D eigenvalue weighted by Gasteiger charge is 2.49. The van der Waals surface area contributed by atoms with Crippen molar-refractivity contribution in [2.75, 3.05) is 6.61 Å². The van der Waals surface area contributed by atoms with Crippen LogP contribution in [-0.4, -0.2) is 49.7 Å². The average molecular weight is 402 g/mol. The lowest BCUT2D eigenvalue weighted by atomic mass is 9.92. The number of benzene rings is 1. The van der Waals surface area contributed by atoms with Gasteiger partial charge in [0, 0.05) is 16.6 Å². The Labute approximate surface area is 166 Å². The molecule has 2 aliphatic heterocycles. The van der Waals surface area contributed by atoms with Crippen LogP contribution in [0.1, 0.15) is 29.2 Å². The number of aliphatic hydroxyl groups excluding tert-OH is 2. The zero-order valence-electron chi connectivity index (χ0n) is 15.2. The van der Waals surface area contributed by atoms with Gasteiger partial charge in [-0.05, 0) is 42.7 Å². The number of ether oxygens (including phenoxy) is 2. The Morgan fingerprint density at radius 1 is 1.18 bits per heavy atom. The van der Waals surface area contributed by atoms with Crippen LogP contribution in [0.15, 0.2) is 36.8 Å². The number of aliphatic hydroxyl groups is 2. The summed E-state index contributed by atoms with van der Waals surface area (Å²) in [6, 6.07) is 7.55. The molecule has 2 N–H and O–H groups in total. The first-order chi connectivity index (χ1) is 13.5. The number of aryl methyl sites for hydroxylation is 1. The molecule has 7 nitrogen and oxygen atoms in total. The molecular weight excluding hydrogens is 382 g/mol. The Hall–Kier alpha value is -2.03. The highest BCUT2D eigenvalue weighted by molar-refractivity contribution is 6.30. The summed E-state index contributed by atoms with van der Waals surface area (Å²) < 4.78 is 13.8. The van der Waals surface area contributed by atoms with Crippen LogP contribution in [0.25, 0.3) is 11.0 Å². The van der Waals surface area contributed by atoms with Crippen LogP contribution in [0, 0.1) is 6.92 Å². The Kier molecular flexibility index (Phi) is 4.37. The van der Waals surface area contributed by atoms with Crippen LogP contribution in [0.4, 0.5) is 0 Å². The molecule has 0 aliphatic carbocycles. The van der Waals surface area contributed by atoms with Crippen molar-refractivity contribution in [2.24, 2.45) is 0 Å².